The van der Waals surface area contributed by atoms with Crippen LogP contribution in [0.1, 0.15) is 12.0 Å². The number of carbonyl (C=O) groups is 1. The molecule has 0 saturated carbocycles. The van der Waals surface area contributed by atoms with E-state index in [-0.39, 0.29) is 5.75 Å². The third-order valence-electron chi connectivity index (χ3n) is 3.53. The summed E-state index contributed by atoms with van der Waals surface area (Å²) in [6.07, 6.45) is -7.02. The van der Waals surface area contributed by atoms with Crippen molar-refractivity contribution in [3.63, 3.8) is 0 Å². The van der Waals surface area contributed by atoms with E-state index in [0.717, 1.165) is 6.08 Å². The predicted molar refractivity (Wildman–Crippen MR) is 65.4 cm³/mol. The van der Waals surface area contributed by atoms with Crippen molar-refractivity contribution in [3.05, 3.63) is 35.4 Å². The molecule has 1 fully saturated rings. The van der Waals surface area contributed by atoms with E-state index in [0.29, 0.717) is 5.56 Å². The second-order valence-corrected chi connectivity index (χ2v) is 5.01. The topological polar surface area (TPSA) is 55.8 Å². The number of rotatable bonds is 2. The molecule has 0 bridgehead atoms. The molecule has 2 heterocycles. The third kappa shape index (κ3) is 2.02. The minimum absolute atomic E-state index is 0.0575. The zero-order valence-corrected chi connectivity index (χ0v) is 10.9. The summed E-state index contributed by atoms with van der Waals surface area (Å²) in [5, 5.41) is 9.69. The van der Waals surface area contributed by atoms with E-state index in [2.05, 4.69) is 4.74 Å². The standard InChI is InChI=1S/C14H10F4O4/c15-11(16)13(20)6-9(19)8-5-7-3-1-2-4-10(7)21-14(8,22-13)12(17)18/h1-5,11-12,20H,6H2. The van der Waals surface area contributed by atoms with E-state index in [4.69, 9.17) is 4.74 Å². The maximum Gasteiger partial charge on any atom is 0.307 e. The van der Waals surface area contributed by atoms with Crippen molar-refractivity contribution in [2.75, 3.05) is 0 Å². The maximum absolute atomic E-state index is 13.5. The number of aliphatic hydroxyl groups is 1. The fourth-order valence-corrected chi connectivity index (χ4v) is 2.47. The van der Waals surface area contributed by atoms with Crippen LogP contribution in [0.25, 0.3) is 6.08 Å². The highest BCUT2D eigenvalue weighted by Crippen LogP contribution is 2.47. The fraction of sp³-hybridized carbons (Fsp3) is 0.357. The Morgan fingerprint density at radius 2 is 1.82 bits per heavy atom. The third-order valence-corrected chi connectivity index (χ3v) is 3.53. The summed E-state index contributed by atoms with van der Waals surface area (Å²) in [6, 6.07) is 5.93. The van der Waals surface area contributed by atoms with Gasteiger partial charge in [0, 0.05) is 5.56 Å². The Bertz CT molecular complexity index is 660. The van der Waals surface area contributed by atoms with Crippen LogP contribution >= 0.6 is 0 Å². The molecular formula is C14H10F4O4. The molecule has 0 spiro atoms. The van der Waals surface area contributed by atoms with Crippen molar-refractivity contribution in [2.45, 2.75) is 30.8 Å². The molecule has 1 aromatic carbocycles. The van der Waals surface area contributed by atoms with E-state index < -0.39 is 42.2 Å². The van der Waals surface area contributed by atoms with Crippen LogP contribution in [0.4, 0.5) is 17.6 Å². The molecular weight excluding hydrogens is 308 g/mol. The SMILES string of the molecule is O=C1CC(O)(C(F)F)OC2(C(F)F)Oc3ccccc3C=C12. The summed E-state index contributed by atoms with van der Waals surface area (Å²) in [5.74, 6) is -7.51. The molecule has 2 unspecified atom stereocenters. The zero-order valence-electron chi connectivity index (χ0n) is 10.9. The molecule has 2 aliphatic rings. The lowest BCUT2D eigenvalue weighted by Crippen LogP contribution is -2.63. The summed E-state index contributed by atoms with van der Waals surface area (Å²) in [7, 11) is 0. The number of fused-ring (bicyclic) bond motifs is 2. The smallest absolute Gasteiger partial charge is 0.307 e. The number of ketones is 1. The van der Waals surface area contributed by atoms with Gasteiger partial charge in [0.05, 0.1) is 12.0 Å². The van der Waals surface area contributed by atoms with Gasteiger partial charge in [-0.3, -0.25) is 9.53 Å². The molecule has 1 aromatic rings. The van der Waals surface area contributed by atoms with Crippen LogP contribution in [-0.4, -0.2) is 35.3 Å². The Labute approximate surface area is 121 Å². The molecule has 118 valence electrons. The van der Waals surface area contributed by atoms with E-state index in [9.17, 15) is 27.5 Å². The van der Waals surface area contributed by atoms with Crippen LogP contribution in [0.3, 0.4) is 0 Å². The normalized spacial score (nSPS) is 30.7. The number of hydrogen-bond acceptors (Lipinski definition) is 4. The van der Waals surface area contributed by atoms with Crippen LogP contribution in [0.2, 0.25) is 0 Å². The number of carbonyl (C=O) groups excluding carboxylic acids is 1. The van der Waals surface area contributed by atoms with Gasteiger partial charge in [-0.25, -0.2) is 17.6 Å². The van der Waals surface area contributed by atoms with Crippen molar-refractivity contribution in [2.24, 2.45) is 0 Å². The number of hydrogen-bond donors (Lipinski definition) is 1. The van der Waals surface area contributed by atoms with Gasteiger partial charge in [-0.15, -0.1) is 0 Å². The number of para-hydroxylation sites is 1. The van der Waals surface area contributed by atoms with Crippen molar-refractivity contribution in [1.82, 2.24) is 0 Å². The lowest BCUT2D eigenvalue weighted by molar-refractivity contribution is -0.374. The summed E-state index contributed by atoms with van der Waals surface area (Å²) in [4.78, 5) is 12.0. The quantitative estimate of drug-likeness (QED) is 0.851. The maximum atomic E-state index is 13.5. The van der Waals surface area contributed by atoms with Gasteiger partial charge < -0.3 is 9.84 Å². The van der Waals surface area contributed by atoms with Gasteiger partial charge in [0.1, 0.15) is 5.75 Å². The van der Waals surface area contributed by atoms with Gasteiger partial charge in [0.15, 0.2) is 5.78 Å². The lowest BCUT2D eigenvalue weighted by atomic mass is 9.88. The first kappa shape index (κ1) is 15.0. The molecule has 0 aliphatic carbocycles. The number of alkyl halides is 4. The van der Waals surface area contributed by atoms with E-state index in [1.165, 1.54) is 18.2 Å². The highest BCUT2D eigenvalue weighted by molar-refractivity contribution is 6.03. The van der Waals surface area contributed by atoms with Gasteiger partial charge in [0.2, 0.25) is 5.79 Å². The summed E-state index contributed by atoms with van der Waals surface area (Å²) < 4.78 is 62.5. The highest BCUT2D eigenvalue weighted by atomic mass is 19.3. The minimum Gasteiger partial charge on any atom is -0.451 e. The molecule has 2 aliphatic heterocycles. The van der Waals surface area contributed by atoms with Crippen molar-refractivity contribution >= 4 is 11.9 Å². The Hall–Kier alpha value is -1.93. The first-order valence-corrected chi connectivity index (χ1v) is 6.31. The van der Waals surface area contributed by atoms with E-state index in [1.807, 2.05) is 0 Å². The Morgan fingerprint density at radius 1 is 1.14 bits per heavy atom. The Balaban J connectivity index is 2.16. The number of benzene rings is 1. The molecule has 3 rings (SSSR count). The molecule has 4 nitrogen and oxygen atoms in total. The number of ether oxygens (including phenoxy) is 2. The van der Waals surface area contributed by atoms with Crippen LogP contribution < -0.4 is 4.74 Å². The number of Topliss-reactive ketones (excluding diaryl/α,β-unsaturated/α-hetero) is 1. The second kappa shape index (κ2) is 4.79. The van der Waals surface area contributed by atoms with Crippen LogP contribution in [0.15, 0.2) is 29.8 Å². The molecule has 0 amide bonds. The molecule has 8 heteroatoms. The lowest BCUT2D eigenvalue weighted by Gasteiger charge is -2.46. The van der Waals surface area contributed by atoms with Crippen molar-refractivity contribution in [3.8, 4) is 5.75 Å². The van der Waals surface area contributed by atoms with Crippen LogP contribution in [0, 0.1) is 0 Å². The highest BCUT2D eigenvalue weighted by Gasteiger charge is 2.63. The molecule has 22 heavy (non-hydrogen) atoms. The fourth-order valence-electron chi connectivity index (χ4n) is 2.47. The van der Waals surface area contributed by atoms with Crippen LogP contribution in [0.5, 0.6) is 5.75 Å². The van der Waals surface area contributed by atoms with E-state index >= 15 is 0 Å². The summed E-state index contributed by atoms with van der Waals surface area (Å²) in [5.41, 5.74) is -0.250. The zero-order chi connectivity index (χ0) is 16.1. The van der Waals surface area contributed by atoms with Crippen molar-refractivity contribution in [1.29, 1.82) is 0 Å². The minimum atomic E-state index is -3.55. The summed E-state index contributed by atoms with van der Waals surface area (Å²) in [6.45, 7) is 0. The first-order valence-electron chi connectivity index (χ1n) is 6.31. The van der Waals surface area contributed by atoms with Gasteiger partial charge >= 0.3 is 12.2 Å². The Morgan fingerprint density at radius 3 is 2.45 bits per heavy atom. The first-order chi connectivity index (χ1) is 10.3. The largest absolute Gasteiger partial charge is 0.451 e. The Kier molecular flexibility index (Phi) is 3.26. The average Bonchev–Trinajstić information content (AvgIpc) is 2.45. The van der Waals surface area contributed by atoms with Gasteiger partial charge in [-0.05, 0) is 12.1 Å². The second-order valence-electron chi connectivity index (χ2n) is 5.01. The van der Waals surface area contributed by atoms with Gasteiger partial charge in [0.25, 0.3) is 6.43 Å². The summed E-state index contributed by atoms with van der Waals surface area (Å²) >= 11 is 0. The van der Waals surface area contributed by atoms with Gasteiger partial charge in [-0.2, -0.15) is 0 Å². The van der Waals surface area contributed by atoms with Crippen molar-refractivity contribution < 1.29 is 36.9 Å². The molecule has 0 radical (unpaired) electrons. The monoisotopic (exact) mass is 318 g/mol. The van der Waals surface area contributed by atoms with Gasteiger partial charge in [-0.1, -0.05) is 18.2 Å². The average molecular weight is 318 g/mol. The molecule has 2 atom stereocenters. The van der Waals surface area contributed by atoms with Crippen LogP contribution in [-0.2, 0) is 9.53 Å². The molecule has 1 N–H and O–H groups in total. The molecule has 1 saturated heterocycles. The number of halogens is 4. The predicted octanol–water partition coefficient (Wildman–Crippen LogP) is 2.37. The molecule has 0 aromatic heterocycles. The van der Waals surface area contributed by atoms with E-state index in [1.54, 1.807) is 6.07 Å².